The quantitative estimate of drug-likeness (QED) is 0.252. The summed E-state index contributed by atoms with van der Waals surface area (Å²) < 4.78 is 0.715. The highest BCUT2D eigenvalue weighted by Gasteiger charge is 2.37. The molecule has 0 bridgehead atoms. The first-order valence-electron chi connectivity index (χ1n) is 9.28. The van der Waals surface area contributed by atoms with Crippen molar-refractivity contribution < 1.29 is 14.5 Å². The molecule has 8 heteroatoms. The van der Waals surface area contributed by atoms with Crippen LogP contribution < -0.4 is 5.32 Å². The van der Waals surface area contributed by atoms with Crippen LogP contribution >= 0.6 is 22.6 Å². The van der Waals surface area contributed by atoms with Crippen molar-refractivity contribution >= 4 is 40.1 Å². The van der Waals surface area contributed by atoms with Crippen LogP contribution in [0.3, 0.4) is 0 Å². The summed E-state index contributed by atoms with van der Waals surface area (Å²) in [6, 6.07) is 11.8. The third-order valence-electron chi connectivity index (χ3n) is 4.18. The lowest BCUT2D eigenvalue weighted by atomic mass is 9.99. The van der Waals surface area contributed by atoms with Gasteiger partial charge in [-0.3, -0.25) is 19.7 Å². The Morgan fingerprint density at radius 2 is 1.80 bits per heavy atom. The fraction of sp³-hybridized carbons (Fsp3) is 0.273. The Morgan fingerprint density at radius 3 is 2.37 bits per heavy atom. The summed E-state index contributed by atoms with van der Waals surface area (Å²) in [5.74, 6) is -0.912. The van der Waals surface area contributed by atoms with Crippen molar-refractivity contribution in [1.29, 1.82) is 0 Å². The van der Waals surface area contributed by atoms with Crippen LogP contribution in [0.25, 0.3) is 0 Å². The van der Waals surface area contributed by atoms with Crippen LogP contribution in [0.15, 0.2) is 61.2 Å². The van der Waals surface area contributed by atoms with Gasteiger partial charge in [-0.1, -0.05) is 30.3 Å². The van der Waals surface area contributed by atoms with Gasteiger partial charge in [0, 0.05) is 21.7 Å². The number of para-hydroxylation sites is 1. The van der Waals surface area contributed by atoms with Gasteiger partial charge in [-0.05, 0) is 61.6 Å². The zero-order valence-electron chi connectivity index (χ0n) is 17.1. The van der Waals surface area contributed by atoms with Gasteiger partial charge in [0.2, 0.25) is 5.91 Å². The van der Waals surface area contributed by atoms with E-state index in [4.69, 9.17) is 0 Å². The van der Waals surface area contributed by atoms with E-state index in [2.05, 4.69) is 34.5 Å². The Balaban J connectivity index is 2.67. The van der Waals surface area contributed by atoms with E-state index >= 15 is 0 Å². The summed E-state index contributed by atoms with van der Waals surface area (Å²) in [6.45, 7) is 9.17. The van der Waals surface area contributed by atoms with Crippen molar-refractivity contribution in [2.75, 3.05) is 6.54 Å². The number of hydrogen-bond donors (Lipinski definition) is 1. The van der Waals surface area contributed by atoms with Crippen LogP contribution in [0.4, 0.5) is 5.69 Å². The topological polar surface area (TPSA) is 92.6 Å². The van der Waals surface area contributed by atoms with Crippen LogP contribution in [-0.2, 0) is 4.79 Å². The van der Waals surface area contributed by atoms with E-state index in [9.17, 15) is 19.7 Å². The number of carbonyl (C=O) groups excluding carboxylic acids is 2. The fourth-order valence-corrected chi connectivity index (χ4v) is 3.63. The van der Waals surface area contributed by atoms with E-state index in [0.717, 1.165) is 0 Å². The summed E-state index contributed by atoms with van der Waals surface area (Å²) in [6.07, 6.45) is 1.50. The molecule has 158 valence electrons. The first kappa shape index (κ1) is 23.5. The number of nitrogens with one attached hydrogen (secondary N) is 1. The molecule has 1 unspecified atom stereocenters. The minimum Gasteiger partial charge on any atom is -0.349 e. The number of benzene rings is 2. The van der Waals surface area contributed by atoms with Gasteiger partial charge in [-0.25, -0.2) is 0 Å². The smallest absolute Gasteiger partial charge is 0.275 e. The standard InChI is InChI=1S/C22H24IN3O4/c1-5-14-25(21(28)15-10-6-8-12-17(15)23)19(20(27)24-22(2,3)4)16-11-7-9-13-18(16)26(29)30/h5-13,19H,1,14H2,2-4H3,(H,24,27). The number of carbonyl (C=O) groups is 2. The largest absolute Gasteiger partial charge is 0.349 e. The molecule has 2 amide bonds. The molecule has 2 aromatic rings. The lowest BCUT2D eigenvalue weighted by Gasteiger charge is -2.33. The highest BCUT2D eigenvalue weighted by Crippen LogP contribution is 2.32. The summed E-state index contributed by atoms with van der Waals surface area (Å²) in [5.41, 5.74) is -0.267. The van der Waals surface area contributed by atoms with Crippen LogP contribution in [0.5, 0.6) is 0 Å². The molecule has 1 N–H and O–H groups in total. The second-order valence-corrected chi connectivity index (χ2v) is 8.85. The average molecular weight is 521 g/mol. The molecular formula is C22H24IN3O4. The first-order chi connectivity index (χ1) is 14.1. The molecule has 2 aromatic carbocycles. The van der Waals surface area contributed by atoms with Crippen LogP contribution in [0, 0.1) is 13.7 Å². The van der Waals surface area contributed by atoms with Crippen molar-refractivity contribution in [2.24, 2.45) is 0 Å². The Bertz CT molecular complexity index is 969. The van der Waals surface area contributed by atoms with Crippen molar-refractivity contribution in [2.45, 2.75) is 32.4 Å². The number of hydrogen-bond acceptors (Lipinski definition) is 4. The SMILES string of the molecule is C=CCN(C(=O)c1ccccc1I)C(C(=O)NC(C)(C)C)c1ccccc1[N+](=O)[O-]. The van der Waals surface area contributed by atoms with Gasteiger partial charge in [-0.2, -0.15) is 0 Å². The minimum atomic E-state index is -1.20. The maximum Gasteiger partial charge on any atom is 0.275 e. The predicted molar refractivity (Wildman–Crippen MR) is 124 cm³/mol. The summed E-state index contributed by atoms with van der Waals surface area (Å²) in [7, 11) is 0. The second-order valence-electron chi connectivity index (χ2n) is 7.68. The number of halogens is 1. The molecule has 0 saturated heterocycles. The molecule has 0 aliphatic carbocycles. The van der Waals surface area contributed by atoms with Crippen LogP contribution in [-0.4, -0.2) is 33.7 Å². The Kier molecular flexibility index (Phi) is 7.71. The second kappa shape index (κ2) is 9.84. The van der Waals surface area contributed by atoms with E-state index in [1.165, 1.54) is 29.2 Å². The molecule has 0 saturated carbocycles. The average Bonchev–Trinajstić information content (AvgIpc) is 2.66. The van der Waals surface area contributed by atoms with E-state index in [1.54, 1.807) is 45.0 Å². The van der Waals surface area contributed by atoms with E-state index in [1.807, 2.05) is 6.07 Å². The van der Waals surface area contributed by atoms with Gasteiger partial charge in [0.1, 0.15) is 6.04 Å². The van der Waals surface area contributed by atoms with Crippen molar-refractivity contribution in [3.63, 3.8) is 0 Å². The van der Waals surface area contributed by atoms with Crippen LogP contribution in [0.2, 0.25) is 0 Å². The van der Waals surface area contributed by atoms with Gasteiger partial charge >= 0.3 is 0 Å². The lowest BCUT2D eigenvalue weighted by molar-refractivity contribution is -0.385. The van der Waals surface area contributed by atoms with Gasteiger partial charge < -0.3 is 10.2 Å². The monoisotopic (exact) mass is 521 g/mol. The van der Waals surface area contributed by atoms with Gasteiger partial charge in [-0.15, -0.1) is 6.58 Å². The van der Waals surface area contributed by atoms with E-state index in [0.29, 0.717) is 9.13 Å². The molecular weight excluding hydrogens is 497 g/mol. The number of nitro benzene ring substituents is 1. The molecule has 0 fully saturated rings. The highest BCUT2D eigenvalue weighted by atomic mass is 127. The summed E-state index contributed by atoms with van der Waals surface area (Å²) in [5, 5.41) is 14.5. The van der Waals surface area contributed by atoms with E-state index < -0.39 is 28.3 Å². The number of nitrogens with zero attached hydrogens (tertiary/aromatic N) is 2. The first-order valence-corrected chi connectivity index (χ1v) is 10.4. The Labute approximate surface area is 189 Å². The third-order valence-corrected chi connectivity index (χ3v) is 5.12. The fourth-order valence-electron chi connectivity index (χ4n) is 3.01. The van der Waals surface area contributed by atoms with Crippen molar-refractivity contribution in [1.82, 2.24) is 10.2 Å². The molecule has 0 spiro atoms. The van der Waals surface area contributed by atoms with Crippen LogP contribution in [0.1, 0.15) is 42.7 Å². The zero-order chi connectivity index (χ0) is 22.5. The Hall–Kier alpha value is -2.75. The maximum atomic E-state index is 13.4. The van der Waals surface area contributed by atoms with Crippen molar-refractivity contribution in [3.8, 4) is 0 Å². The predicted octanol–water partition coefficient (Wildman–Crippen LogP) is 4.48. The molecule has 2 rings (SSSR count). The molecule has 0 heterocycles. The lowest BCUT2D eigenvalue weighted by Crippen LogP contribution is -2.49. The maximum absolute atomic E-state index is 13.4. The van der Waals surface area contributed by atoms with Gasteiger partial charge in [0.25, 0.3) is 11.6 Å². The minimum absolute atomic E-state index is 0.0398. The summed E-state index contributed by atoms with van der Waals surface area (Å²) in [4.78, 5) is 39.2. The highest BCUT2D eigenvalue weighted by molar-refractivity contribution is 14.1. The van der Waals surface area contributed by atoms with E-state index in [-0.39, 0.29) is 17.8 Å². The normalized spacial score (nSPS) is 12.0. The molecule has 0 aromatic heterocycles. The molecule has 1 atom stereocenters. The zero-order valence-corrected chi connectivity index (χ0v) is 19.3. The van der Waals surface area contributed by atoms with Gasteiger partial charge in [0.15, 0.2) is 0 Å². The molecule has 7 nitrogen and oxygen atoms in total. The molecule has 0 aliphatic rings. The molecule has 0 aliphatic heterocycles. The molecule has 30 heavy (non-hydrogen) atoms. The number of amides is 2. The molecule has 0 radical (unpaired) electrons. The van der Waals surface area contributed by atoms with Crippen molar-refractivity contribution in [3.05, 3.63) is 86.0 Å². The number of nitro groups is 1. The van der Waals surface area contributed by atoms with Gasteiger partial charge in [0.05, 0.1) is 16.1 Å². The number of rotatable bonds is 7. The third kappa shape index (κ3) is 5.65. The Morgan fingerprint density at radius 1 is 1.20 bits per heavy atom. The summed E-state index contributed by atoms with van der Waals surface area (Å²) >= 11 is 2.05.